The van der Waals surface area contributed by atoms with Crippen molar-refractivity contribution in [3.8, 4) is 0 Å². The van der Waals surface area contributed by atoms with Crippen molar-refractivity contribution in [1.29, 1.82) is 0 Å². The summed E-state index contributed by atoms with van der Waals surface area (Å²) < 4.78 is 34.0. The highest BCUT2D eigenvalue weighted by molar-refractivity contribution is 7.89. The van der Waals surface area contributed by atoms with Gasteiger partial charge in [0.15, 0.2) is 0 Å². The Morgan fingerprint density at radius 2 is 1.46 bits per heavy atom. The van der Waals surface area contributed by atoms with E-state index in [4.69, 9.17) is 4.74 Å². The van der Waals surface area contributed by atoms with Crippen LogP contribution in [0.5, 0.6) is 0 Å². The molecular formula is C21H38N2O4S. The van der Waals surface area contributed by atoms with Crippen LogP contribution in [0.4, 0.5) is 0 Å². The van der Waals surface area contributed by atoms with Gasteiger partial charge in [-0.05, 0) is 51.4 Å². The van der Waals surface area contributed by atoms with Crippen molar-refractivity contribution in [3.63, 3.8) is 0 Å². The third-order valence-corrected chi connectivity index (χ3v) is 9.35. The average Bonchev–Trinajstić information content (AvgIpc) is 2.73. The second-order valence-electron chi connectivity index (χ2n) is 8.92. The molecule has 0 heterocycles. The van der Waals surface area contributed by atoms with E-state index in [9.17, 15) is 13.2 Å². The van der Waals surface area contributed by atoms with Gasteiger partial charge in [-0.3, -0.25) is 4.79 Å². The normalized spacial score (nSPS) is 28.4. The number of nitrogens with zero attached hydrogens (tertiary/aromatic N) is 1. The third kappa shape index (κ3) is 5.70. The second-order valence-corrected chi connectivity index (χ2v) is 11.1. The first-order valence-electron chi connectivity index (χ1n) is 11.3. The number of carbonyl (C=O) groups is 1. The summed E-state index contributed by atoms with van der Waals surface area (Å²) in [7, 11) is -1.73. The van der Waals surface area contributed by atoms with Gasteiger partial charge >= 0.3 is 0 Å². The summed E-state index contributed by atoms with van der Waals surface area (Å²) in [4.78, 5) is 12.8. The molecule has 0 bridgehead atoms. The highest BCUT2D eigenvalue weighted by Crippen LogP contribution is 2.32. The van der Waals surface area contributed by atoms with Crippen LogP contribution in [0.3, 0.4) is 0 Å². The fourth-order valence-electron chi connectivity index (χ4n) is 5.21. The quantitative estimate of drug-likeness (QED) is 0.693. The fourth-order valence-corrected chi connectivity index (χ4v) is 7.45. The van der Waals surface area contributed by atoms with Crippen molar-refractivity contribution in [2.24, 2.45) is 0 Å². The SMILES string of the molecule is COC1CCC(N(CC(=O)NC2CCCCC2)S(=O)(=O)C2CCCCC2)CC1. The Hall–Kier alpha value is -0.660. The first-order valence-corrected chi connectivity index (χ1v) is 12.8. The summed E-state index contributed by atoms with van der Waals surface area (Å²) in [6.45, 7) is -0.0162. The number of nitrogens with one attached hydrogen (secondary N) is 1. The Morgan fingerprint density at radius 3 is 2.04 bits per heavy atom. The summed E-state index contributed by atoms with van der Waals surface area (Å²) in [5.41, 5.74) is 0. The molecule has 0 unspecified atom stereocenters. The molecule has 0 saturated heterocycles. The zero-order chi connectivity index (χ0) is 20.0. The van der Waals surface area contributed by atoms with Crippen molar-refractivity contribution in [2.75, 3.05) is 13.7 Å². The number of sulfonamides is 1. The standard InChI is InChI=1S/C21H38N2O4S/c1-27-19-14-12-18(13-15-19)23(28(25,26)20-10-6-3-7-11-20)16-21(24)22-17-8-4-2-5-9-17/h17-20H,2-16H2,1H3,(H,22,24). The molecule has 0 spiro atoms. The maximum absolute atomic E-state index is 13.5. The number of methoxy groups -OCH3 is 1. The van der Waals surface area contributed by atoms with E-state index in [1.807, 2.05) is 0 Å². The third-order valence-electron chi connectivity index (χ3n) is 6.95. The molecule has 3 aliphatic rings. The van der Waals surface area contributed by atoms with E-state index in [0.717, 1.165) is 83.5 Å². The minimum absolute atomic E-state index is 0.0162. The van der Waals surface area contributed by atoms with Gasteiger partial charge in [0.1, 0.15) is 0 Å². The molecule has 0 aromatic carbocycles. The number of hydrogen-bond acceptors (Lipinski definition) is 4. The van der Waals surface area contributed by atoms with Crippen LogP contribution in [0.15, 0.2) is 0 Å². The van der Waals surface area contributed by atoms with Gasteiger partial charge in [-0.25, -0.2) is 8.42 Å². The number of hydrogen-bond donors (Lipinski definition) is 1. The molecule has 0 aliphatic heterocycles. The van der Waals surface area contributed by atoms with Crippen molar-refractivity contribution in [3.05, 3.63) is 0 Å². The Morgan fingerprint density at radius 1 is 0.893 bits per heavy atom. The summed E-state index contributed by atoms with van der Waals surface area (Å²) in [5, 5.41) is 2.80. The Labute approximate surface area is 170 Å². The molecule has 3 saturated carbocycles. The van der Waals surface area contributed by atoms with Crippen LogP contribution >= 0.6 is 0 Å². The van der Waals surface area contributed by atoms with Crippen LogP contribution in [-0.4, -0.2) is 55.7 Å². The van der Waals surface area contributed by atoms with Gasteiger partial charge in [0.2, 0.25) is 15.9 Å². The predicted molar refractivity (Wildman–Crippen MR) is 111 cm³/mol. The van der Waals surface area contributed by atoms with Crippen LogP contribution < -0.4 is 5.32 Å². The van der Waals surface area contributed by atoms with E-state index in [-0.39, 0.29) is 35.9 Å². The lowest BCUT2D eigenvalue weighted by Crippen LogP contribution is -2.52. The Bertz CT molecular complexity index is 590. The molecule has 3 aliphatic carbocycles. The predicted octanol–water partition coefficient (Wildman–Crippen LogP) is 3.36. The van der Waals surface area contributed by atoms with Crippen molar-refractivity contribution in [2.45, 2.75) is 113 Å². The number of ether oxygens (including phenoxy) is 1. The summed E-state index contributed by atoms with van der Waals surface area (Å²) >= 11 is 0. The van der Waals surface area contributed by atoms with Crippen molar-refractivity contribution >= 4 is 15.9 Å². The number of rotatable bonds is 7. The van der Waals surface area contributed by atoms with E-state index in [1.54, 1.807) is 11.4 Å². The van der Waals surface area contributed by atoms with E-state index < -0.39 is 10.0 Å². The molecule has 0 aromatic heterocycles. The molecule has 6 nitrogen and oxygen atoms in total. The molecule has 0 radical (unpaired) electrons. The van der Waals surface area contributed by atoms with Crippen LogP contribution in [-0.2, 0) is 19.6 Å². The van der Waals surface area contributed by atoms with Gasteiger partial charge in [0.25, 0.3) is 0 Å². The van der Waals surface area contributed by atoms with Gasteiger partial charge in [-0.1, -0.05) is 38.5 Å². The van der Waals surface area contributed by atoms with E-state index in [1.165, 1.54) is 6.42 Å². The van der Waals surface area contributed by atoms with E-state index in [0.29, 0.717) is 0 Å². The molecule has 28 heavy (non-hydrogen) atoms. The van der Waals surface area contributed by atoms with E-state index >= 15 is 0 Å². The summed E-state index contributed by atoms with van der Waals surface area (Å²) in [5.74, 6) is -0.125. The zero-order valence-corrected chi connectivity index (χ0v) is 18.2. The highest BCUT2D eigenvalue weighted by Gasteiger charge is 2.39. The molecular weight excluding hydrogens is 376 g/mol. The topological polar surface area (TPSA) is 75.7 Å². The highest BCUT2D eigenvalue weighted by atomic mass is 32.2. The van der Waals surface area contributed by atoms with Crippen molar-refractivity contribution < 1.29 is 17.9 Å². The van der Waals surface area contributed by atoms with Crippen LogP contribution in [0.1, 0.15) is 89.9 Å². The lowest BCUT2D eigenvalue weighted by Gasteiger charge is -2.38. The van der Waals surface area contributed by atoms with Crippen molar-refractivity contribution in [1.82, 2.24) is 9.62 Å². The molecule has 3 rings (SSSR count). The monoisotopic (exact) mass is 414 g/mol. The Balaban J connectivity index is 1.69. The smallest absolute Gasteiger partial charge is 0.235 e. The van der Waals surface area contributed by atoms with Gasteiger partial charge in [-0.2, -0.15) is 4.31 Å². The summed E-state index contributed by atoms with van der Waals surface area (Å²) in [6, 6.07) is 0.139. The van der Waals surface area contributed by atoms with Crippen LogP contribution in [0, 0.1) is 0 Å². The second kappa shape index (κ2) is 10.4. The molecule has 1 N–H and O–H groups in total. The zero-order valence-electron chi connectivity index (χ0n) is 17.4. The number of amides is 1. The van der Waals surface area contributed by atoms with E-state index in [2.05, 4.69) is 5.32 Å². The minimum atomic E-state index is -3.45. The van der Waals surface area contributed by atoms with Crippen LogP contribution in [0.25, 0.3) is 0 Å². The summed E-state index contributed by atoms with van der Waals surface area (Å²) in [6.07, 6.45) is 13.6. The van der Waals surface area contributed by atoms with Gasteiger partial charge in [0.05, 0.1) is 17.9 Å². The van der Waals surface area contributed by atoms with Gasteiger partial charge in [0, 0.05) is 19.2 Å². The molecule has 0 aromatic rings. The first-order chi connectivity index (χ1) is 13.5. The largest absolute Gasteiger partial charge is 0.381 e. The lowest BCUT2D eigenvalue weighted by molar-refractivity contribution is -0.122. The maximum atomic E-state index is 13.5. The molecule has 3 fully saturated rings. The van der Waals surface area contributed by atoms with Crippen LogP contribution in [0.2, 0.25) is 0 Å². The van der Waals surface area contributed by atoms with Gasteiger partial charge in [-0.15, -0.1) is 0 Å². The molecule has 7 heteroatoms. The molecule has 1 amide bonds. The fraction of sp³-hybridized carbons (Fsp3) is 0.952. The average molecular weight is 415 g/mol. The Kier molecular flexibility index (Phi) is 8.18. The first kappa shape index (κ1) is 22.0. The minimum Gasteiger partial charge on any atom is -0.381 e. The molecule has 162 valence electrons. The number of carbonyl (C=O) groups excluding carboxylic acids is 1. The molecule has 0 atom stereocenters. The lowest BCUT2D eigenvalue weighted by atomic mass is 9.93. The van der Waals surface area contributed by atoms with Gasteiger partial charge < -0.3 is 10.1 Å². The maximum Gasteiger partial charge on any atom is 0.235 e.